The number of aryl methyl sites for hydroxylation is 2. The minimum Gasteiger partial charge on any atom is -0.391 e. The van der Waals surface area contributed by atoms with Gasteiger partial charge in [-0.25, -0.2) is 0 Å². The van der Waals surface area contributed by atoms with Gasteiger partial charge in [-0.3, -0.25) is 4.68 Å². The fourth-order valence-electron chi connectivity index (χ4n) is 3.25. The summed E-state index contributed by atoms with van der Waals surface area (Å²) in [5.74, 6) is 1.74. The molecule has 2 rings (SSSR count). The molecule has 108 valence electrons. The zero-order chi connectivity index (χ0) is 14.0. The quantitative estimate of drug-likeness (QED) is 0.890. The summed E-state index contributed by atoms with van der Waals surface area (Å²) in [6, 6.07) is 0.613. The Bertz CT molecular complexity index is 419. The minimum absolute atomic E-state index is 0.0797. The first kappa shape index (κ1) is 14.4. The van der Waals surface area contributed by atoms with Crippen molar-refractivity contribution in [3.05, 3.63) is 11.3 Å². The highest BCUT2D eigenvalue weighted by Crippen LogP contribution is 2.32. The van der Waals surface area contributed by atoms with Crippen LogP contribution in [0.2, 0.25) is 0 Å². The van der Waals surface area contributed by atoms with Crippen molar-refractivity contribution in [1.29, 1.82) is 0 Å². The van der Waals surface area contributed by atoms with Crippen molar-refractivity contribution >= 4 is 5.82 Å². The van der Waals surface area contributed by atoms with E-state index >= 15 is 0 Å². The van der Waals surface area contributed by atoms with Gasteiger partial charge in [0.15, 0.2) is 0 Å². The van der Waals surface area contributed by atoms with E-state index in [1.54, 1.807) is 0 Å². The maximum atomic E-state index is 9.66. The van der Waals surface area contributed by atoms with Crippen LogP contribution in [0.1, 0.15) is 50.8 Å². The lowest BCUT2D eigenvalue weighted by atomic mass is 10.1. The Hall–Kier alpha value is -1.03. The van der Waals surface area contributed by atoms with E-state index < -0.39 is 0 Å². The Balaban J connectivity index is 2.36. The number of aliphatic hydroxyl groups is 1. The van der Waals surface area contributed by atoms with Crippen LogP contribution in [0, 0.1) is 12.8 Å². The van der Waals surface area contributed by atoms with E-state index in [2.05, 4.69) is 23.8 Å². The van der Waals surface area contributed by atoms with Crippen LogP contribution in [0.15, 0.2) is 0 Å². The number of aliphatic hydroxyl groups excluding tert-OH is 1. The van der Waals surface area contributed by atoms with Gasteiger partial charge < -0.3 is 10.0 Å². The van der Waals surface area contributed by atoms with Crippen molar-refractivity contribution in [2.45, 2.75) is 59.1 Å². The molecule has 1 N–H and O–H groups in total. The normalized spacial score (nSPS) is 16.5. The van der Waals surface area contributed by atoms with E-state index in [0.29, 0.717) is 12.0 Å². The summed E-state index contributed by atoms with van der Waals surface area (Å²) in [5, 5.41) is 14.2. The summed E-state index contributed by atoms with van der Waals surface area (Å²) in [6.45, 7) is 7.61. The smallest absolute Gasteiger partial charge is 0.132 e. The Morgan fingerprint density at radius 3 is 2.53 bits per heavy atom. The molecule has 0 spiro atoms. The third kappa shape index (κ3) is 2.94. The summed E-state index contributed by atoms with van der Waals surface area (Å²) in [6.07, 6.45) is 5.18. The van der Waals surface area contributed by atoms with E-state index in [1.165, 1.54) is 25.7 Å². The third-order valence-electron chi connectivity index (χ3n) is 4.07. The van der Waals surface area contributed by atoms with Crippen molar-refractivity contribution in [2.75, 3.05) is 11.4 Å². The highest BCUT2D eigenvalue weighted by Gasteiger charge is 2.28. The predicted molar refractivity (Wildman–Crippen MR) is 78.3 cm³/mol. The van der Waals surface area contributed by atoms with Crippen LogP contribution in [0.5, 0.6) is 0 Å². The molecule has 0 aliphatic heterocycles. The molecule has 0 amide bonds. The predicted octanol–water partition coefficient (Wildman–Crippen LogP) is 2.63. The van der Waals surface area contributed by atoms with Gasteiger partial charge in [-0.1, -0.05) is 26.7 Å². The largest absolute Gasteiger partial charge is 0.391 e. The lowest BCUT2D eigenvalue weighted by Crippen LogP contribution is -2.38. The van der Waals surface area contributed by atoms with Gasteiger partial charge in [0.2, 0.25) is 0 Å². The molecule has 0 atom stereocenters. The van der Waals surface area contributed by atoms with Gasteiger partial charge in [0.05, 0.1) is 12.3 Å². The minimum atomic E-state index is 0.0797. The second-order valence-electron chi connectivity index (χ2n) is 6.15. The fraction of sp³-hybridized carbons (Fsp3) is 0.800. The summed E-state index contributed by atoms with van der Waals surface area (Å²) in [5.41, 5.74) is 1.95. The van der Waals surface area contributed by atoms with Crippen LogP contribution in [-0.4, -0.2) is 27.5 Å². The van der Waals surface area contributed by atoms with Crippen molar-refractivity contribution in [3.63, 3.8) is 0 Å². The van der Waals surface area contributed by atoms with Crippen LogP contribution in [0.3, 0.4) is 0 Å². The topological polar surface area (TPSA) is 41.3 Å². The molecule has 0 unspecified atom stereocenters. The number of hydrogen-bond acceptors (Lipinski definition) is 3. The van der Waals surface area contributed by atoms with Crippen molar-refractivity contribution in [2.24, 2.45) is 13.0 Å². The zero-order valence-corrected chi connectivity index (χ0v) is 12.7. The Kier molecular flexibility index (Phi) is 4.50. The lowest BCUT2D eigenvalue weighted by Gasteiger charge is -2.33. The Morgan fingerprint density at radius 1 is 1.37 bits per heavy atom. The molecular weight excluding hydrogens is 238 g/mol. The van der Waals surface area contributed by atoms with Crippen LogP contribution < -0.4 is 4.90 Å². The van der Waals surface area contributed by atoms with Gasteiger partial charge in [-0.2, -0.15) is 5.10 Å². The van der Waals surface area contributed by atoms with Crippen LogP contribution in [0.4, 0.5) is 5.82 Å². The first-order valence-electron chi connectivity index (χ1n) is 7.44. The summed E-state index contributed by atoms with van der Waals surface area (Å²) < 4.78 is 1.95. The standard InChI is InChI=1S/C15H27N3O/c1-11(2)9-18(13-7-5-6-8-13)15-14(10-19)12(3)16-17(15)4/h11,13,19H,5-10H2,1-4H3. The maximum Gasteiger partial charge on any atom is 0.132 e. The van der Waals surface area contributed by atoms with Gasteiger partial charge >= 0.3 is 0 Å². The molecule has 1 fully saturated rings. The lowest BCUT2D eigenvalue weighted by molar-refractivity contribution is 0.280. The Morgan fingerprint density at radius 2 is 2.00 bits per heavy atom. The molecule has 4 nitrogen and oxygen atoms in total. The molecule has 0 bridgehead atoms. The van der Waals surface area contributed by atoms with E-state index in [0.717, 1.165) is 23.6 Å². The number of nitrogens with zero attached hydrogens (tertiary/aromatic N) is 3. The number of hydrogen-bond donors (Lipinski definition) is 1. The molecular formula is C15H27N3O. The average molecular weight is 265 g/mol. The van der Waals surface area contributed by atoms with Crippen molar-refractivity contribution < 1.29 is 5.11 Å². The van der Waals surface area contributed by atoms with Gasteiger partial charge in [-0.15, -0.1) is 0 Å². The number of anilines is 1. The van der Waals surface area contributed by atoms with E-state index in [9.17, 15) is 5.11 Å². The van der Waals surface area contributed by atoms with Crippen LogP contribution in [-0.2, 0) is 13.7 Å². The fourth-order valence-corrected chi connectivity index (χ4v) is 3.25. The van der Waals surface area contributed by atoms with Crippen molar-refractivity contribution in [3.8, 4) is 0 Å². The molecule has 1 aromatic rings. The van der Waals surface area contributed by atoms with Gasteiger partial charge in [-0.05, 0) is 25.7 Å². The molecule has 1 aliphatic rings. The molecule has 0 saturated heterocycles. The van der Waals surface area contributed by atoms with Gasteiger partial charge in [0.25, 0.3) is 0 Å². The van der Waals surface area contributed by atoms with Crippen LogP contribution in [0.25, 0.3) is 0 Å². The monoisotopic (exact) mass is 265 g/mol. The molecule has 0 aromatic carbocycles. The summed E-state index contributed by atoms with van der Waals surface area (Å²) >= 11 is 0. The second kappa shape index (κ2) is 5.95. The molecule has 1 heterocycles. The summed E-state index contributed by atoms with van der Waals surface area (Å²) in [7, 11) is 1.99. The molecule has 1 saturated carbocycles. The molecule has 19 heavy (non-hydrogen) atoms. The first-order valence-corrected chi connectivity index (χ1v) is 7.44. The molecule has 1 aromatic heterocycles. The molecule has 4 heteroatoms. The third-order valence-corrected chi connectivity index (χ3v) is 4.07. The van der Waals surface area contributed by atoms with E-state index in [1.807, 2.05) is 18.7 Å². The second-order valence-corrected chi connectivity index (χ2v) is 6.15. The van der Waals surface area contributed by atoms with Gasteiger partial charge in [0.1, 0.15) is 5.82 Å². The maximum absolute atomic E-state index is 9.66. The zero-order valence-electron chi connectivity index (χ0n) is 12.7. The number of rotatable bonds is 5. The number of aromatic nitrogens is 2. The molecule has 1 aliphatic carbocycles. The van der Waals surface area contributed by atoms with Crippen molar-refractivity contribution in [1.82, 2.24) is 9.78 Å². The SMILES string of the molecule is Cc1nn(C)c(N(CC(C)C)C2CCCC2)c1CO. The van der Waals surface area contributed by atoms with E-state index in [4.69, 9.17) is 0 Å². The Labute approximate surface area is 116 Å². The van der Waals surface area contributed by atoms with Gasteiger partial charge in [0, 0.05) is 25.2 Å². The average Bonchev–Trinajstić information content (AvgIpc) is 2.94. The highest BCUT2D eigenvalue weighted by molar-refractivity contribution is 5.51. The first-order chi connectivity index (χ1) is 9.04. The van der Waals surface area contributed by atoms with E-state index in [-0.39, 0.29) is 6.61 Å². The summed E-state index contributed by atoms with van der Waals surface area (Å²) in [4.78, 5) is 2.49. The van der Waals surface area contributed by atoms with Crippen LogP contribution >= 0.6 is 0 Å². The highest BCUT2D eigenvalue weighted by atomic mass is 16.3. The molecule has 0 radical (unpaired) electrons.